The zero-order valence-electron chi connectivity index (χ0n) is 9.08. The molecule has 3 nitrogen and oxygen atoms in total. The number of hydrogen-bond donors (Lipinski definition) is 1. The molecule has 0 bridgehead atoms. The third kappa shape index (κ3) is 3.00. The predicted molar refractivity (Wildman–Crippen MR) is 58.6 cm³/mol. The Morgan fingerprint density at radius 1 is 1.57 bits per heavy atom. The molecule has 14 heavy (non-hydrogen) atoms. The molecule has 1 aromatic rings. The number of aromatic nitrogens is 1. The minimum Gasteiger partial charge on any atom is -0.314 e. The van der Waals surface area contributed by atoms with Crippen LogP contribution in [0, 0.1) is 6.92 Å². The summed E-state index contributed by atoms with van der Waals surface area (Å²) in [5, 5.41) is 3.28. The standard InChI is InChI=1S/C11H18N2O/c1-4-12-10(3)8-13-6-5-9(2)7-11(13)14/h5-7,10,12H,4,8H2,1-3H3. The zero-order chi connectivity index (χ0) is 10.6. The normalized spacial score (nSPS) is 12.8. The van der Waals surface area contributed by atoms with Gasteiger partial charge in [-0.1, -0.05) is 6.92 Å². The number of rotatable bonds is 4. The molecule has 0 aromatic carbocycles. The third-order valence-corrected chi connectivity index (χ3v) is 2.17. The van der Waals surface area contributed by atoms with E-state index in [1.165, 1.54) is 0 Å². The van der Waals surface area contributed by atoms with Gasteiger partial charge in [-0.2, -0.15) is 0 Å². The van der Waals surface area contributed by atoms with E-state index in [9.17, 15) is 4.79 Å². The van der Waals surface area contributed by atoms with E-state index in [0.29, 0.717) is 6.04 Å². The molecule has 1 unspecified atom stereocenters. The van der Waals surface area contributed by atoms with Crippen molar-refractivity contribution < 1.29 is 0 Å². The predicted octanol–water partition coefficient (Wildman–Crippen LogP) is 1.15. The molecule has 1 atom stereocenters. The van der Waals surface area contributed by atoms with Crippen LogP contribution in [-0.2, 0) is 6.54 Å². The van der Waals surface area contributed by atoms with Gasteiger partial charge in [-0.3, -0.25) is 4.79 Å². The Labute approximate surface area is 84.8 Å². The van der Waals surface area contributed by atoms with Crippen LogP contribution in [0.15, 0.2) is 23.1 Å². The van der Waals surface area contributed by atoms with E-state index >= 15 is 0 Å². The van der Waals surface area contributed by atoms with Crippen molar-refractivity contribution in [3.63, 3.8) is 0 Å². The number of aryl methyl sites for hydroxylation is 1. The molecule has 1 heterocycles. The van der Waals surface area contributed by atoms with Crippen LogP contribution in [0.4, 0.5) is 0 Å². The first-order valence-electron chi connectivity index (χ1n) is 5.04. The lowest BCUT2D eigenvalue weighted by molar-refractivity contribution is 0.481. The van der Waals surface area contributed by atoms with Crippen molar-refractivity contribution in [2.45, 2.75) is 33.4 Å². The number of hydrogen-bond acceptors (Lipinski definition) is 2. The average Bonchev–Trinajstić information content (AvgIpc) is 2.10. The van der Waals surface area contributed by atoms with Gasteiger partial charge in [0.1, 0.15) is 0 Å². The highest BCUT2D eigenvalue weighted by atomic mass is 16.1. The second-order valence-electron chi connectivity index (χ2n) is 3.65. The summed E-state index contributed by atoms with van der Waals surface area (Å²) >= 11 is 0. The number of nitrogens with one attached hydrogen (secondary N) is 1. The van der Waals surface area contributed by atoms with E-state index < -0.39 is 0 Å². The fourth-order valence-electron chi connectivity index (χ4n) is 1.47. The van der Waals surface area contributed by atoms with Gasteiger partial charge in [0, 0.05) is 24.8 Å². The molecule has 0 aliphatic rings. The molecule has 1 N–H and O–H groups in total. The molecule has 3 heteroatoms. The minimum absolute atomic E-state index is 0.0785. The largest absolute Gasteiger partial charge is 0.314 e. The van der Waals surface area contributed by atoms with Crippen LogP contribution in [-0.4, -0.2) is 17.2 Å². The summed E-state index contributed by atoms with van der Waals surface area (Å²) in [7, 11) is 0. The zero-order valence-corrected chi connectivity index (χ0v) is 9.08. The van der Waals surface area contributed by atoms with Crippen molar-refractivity contribution in [1.82, 2.24) is 9.88 Å². The van der Waals surface area contributed by atoms with Crippen molar-refractivity contribution in [3.05, 3.63) is 34.2 Å². The molecular formula is C11H18N2O. The first-order chi connectivity index (χ1) is 6.63. The first-order valence-corrected chi connectivity index (χ1v) is 5.04. The van der Waals surface area contributed by atoms with Gasteiger partial charge in [0.05, 0.1) is 0 Å². The van der Waals surface area contributed by atoms with Crippen LogP contribution < -0.4 is 10.9 Å². The quantitative estimate of drug-likeness (QED) is 0.780. The highest BCUT2D eigenvalue weighted by molar-refractivity contribution is 5.08. The molecule has 0 saturated heterocycles. The van der Waals surface area contributed by atoms with Crippen molar-refractivity contribution in [3.8, 4) is 0 Å². The van der Waals surface area contributed by atoms with Crippen molar-refractivity contribution in [1.29, 1.82) is 0 Å². The van der Waals surface area contributed by atoms with Crippen molar-refractivity contribution in [2.75, 3.05) is 6.54 Å². The number of likely N-dealkylation sites (N-methyl/N-ethyl adjacent to an activating group) is 1. The average molecular weight is 194 g/mol. The van der Waals surface area contributed by atoms with Crippen molar-refractivity contribution in [2.24, 2.45) is 0 Å². The first kappa shape index (κ1) is 11.0. The fraction of sp³-hybridized carbons (Fsp3) is 0.545. The van der Waals surface area contributed by atoms with E-state index in [4.69, 9.17) is 0 Å². The lowest BCUT2D eigenvalue weighted by Crippen LogP contribution is -2.33. The second kappa shape index (κ2) is 4.96. The second-order valence-corrected chi connectivity index (χ2v) is 3.65. The molecule has 0 amide bonds. The van der Waals surface area contributed by atoms with Crippen molar-refractivity contribution >= 4 is 0 Å². The Bertz CT molecular complexity index is 343. The van der Waals surface area contributed by atoms with E-state index in [1.807, 2.05) is 19.2 Å². The summed E-state index contributed by atoms with van der Waals surface area (Å²) in [6, 6.07) is 3.96. The van der Waals surface area contributed by atoms with Gasteiger partial charge in [0.25, 0.3) is 5.56 Å². The molecule has 1 aromatic heterocycles. The fourth-order valence-corrected chi connectivity index (χ4v) is 1.47. The van der Waals surface area contributed by atoms with Gasteiger partial charge in [-0.15, -0.1) is 0 Å². The highest BCUT2D eigenvalue weighted by Gasteiger charge is 2.02. The molecule has 0 saturated carbocycles. The Hall–Kier alpha value is -1.09. The Balaban J connectivity index is 2.72. The van der Waals surface area contributed by atoms with Gasteiger partial charge in [0.15, 0.2) is 0 Å². The third-order valence-electron chi connectivity index (χ3n) is 2.17. The number of pyridine rings is 1. The summed E-state index contributed by atoms with van der Waals surface area (Å²) in [6.45, 7) is 7.73. The Morgan fingerprint density at radius 2 is 2.29 bits per heavy atom. The van der Waals surface area contributed by atoms with Crippen LogP contribution in [0.5, 0.6) is 0 Å². The number of nitrogens with zero attached hydrogens (tertiary/aromatic N) is 1. The van der Waals surface area contributed by atoms with E-state index in [0.717, 1.165) is 18.7 Å². The molecule has 0 fully saturated rings. The van der Waals surface area contributed by atoms with Gasteiger partial charge in [-0.05, 0) is 32.0 Å². The maximum absolute atomic E-state index is 11.5. The summed E-state index contributed by atoms with van der Waals surface area (Å²) < 4.78 is 1.74. The van der Waals surface area contributed by atoms with E-state index in [2.05, 4.69) is 19.2 Å². The molecular weight excluding hydrogens is 176 g/mol. The summed E-state index contributed by atoms with van der Waals surface area (Å²) in [5.74, 6) is 0. The van der Waals surface area contributed by atoms with Crippen LogP contribution in [0.3, 0.4) is 0 Å². The maximum Gasteiger partial charge on any atom is 0.250 e. The monoisotopic (exact) mass is 194 g/mol. The van der Waals surface area contributed by atoms with Gasteiger partial charge >= 0.3 is 0 Å². The molecule has 0 radical (unpaired) electrons. The van der Waals surface area contributed by atoms with Crippen LogP contribution >= 0.6 is 0 Å². The van der Waals surface area contributed by atoms with Crippen LogP contribution in [0.25, 0.3) is 0 Å². The van der Waals surface area contributed by atoms with Gasteiger partial charge in [0.2, 0.25) is 0 Å². The van der Waals surface area contributed by atoms with E-state index in [1.54, 1.807) is 10.6 Å². The van der Waals surface area contributed by atoms with Gasteiger partial charge in [-0.25, -0.2) is 0 Å². The lowest BCUT2D eigenvalue weighted by atomic mass is 10.3. The molecule has 1 rings (SSSR count). The smallest absolute Gasteiger partial charge is 0.250 e. The topological polar surface area (TPSA) is 34.0 Å². The summed E-state index contributed by atoms with van der Waals surface area (Å²) in [5.41, 5.74) is 1.09. The van der Waals surface area contributed by atoms with Crippen LogP contribution in [0.1, 0.15) is 19.4 Å². The SMILES string of the molecule is CCNC(C)Cn1ccc(C)cc1=O. The lowest BCUT2D eigenvalue weighted by Gasteiger charge is -2.13. The Kier molecular flexibility index (Phi) is 3.89. The minimum atomic E-state index is 0.0785. The van der Waals surface area contributed by atoms with Crippen LogP contribution in [0.2, 0.25) is 0 Å². The summed E-state index contributed by atoms with van der Waals surface area (Å²) in [6.07, 6.45) is 1.85. The molecule has 0 aliphatic heterocycles. The summed E-state index contributed by atoms with van der Waals surface area (Å²) in [4.78, 5) is 11.5. The molecule has 0 spiro atoms. The highest BCUT2D eigenvalue weighted by Crippen LogP contribution is 1.93. The van der Waals surface area contributed by atoms with E-state index in [-0.39, 0.29) is 5.56 Å². The maximum atomic E-state index is 11.5. The molecule has 0 aliphatic carbocycles. The molecule has 78 valence electrons. The van der Waals surface area contributed by atoms with Gasteiger partial charge < -0.3 is 9.88 Å². The Morgan fingerprint density at radius 3 is 2.86 bits per heavy atom.